The van der Waals surface area contributed by atoms with Gasteiger partial charge in [-0.15, -0.1) is 12.4 Å². The van der Waals surface area contributed by atoms with E-state index in [2.05, 4.69) is 16.0 Å². The van der Waals surface area contributed by atoms with Crippen molar-refractivity contribution in [3.63, 3.8) is 0 Å². The van der Waals surface area contributed by atoms with Gasteiger partial charge in [0.15, 0.2) is 0 Å². The standard InChI is InChI=1S/C19H21ClN4O2.ClH/c1-2-21-12-13-5-3-4-6-17(13)23-18(25)15-11-14(7-8-16(15)20)24-10-9-22-19(24)26;/h3-8,11,21H,2,9-10,12H2,1H3,(H,22,26)(H,23,25);1H. The van der Waals surface area contributed by atoms with Crippen LogP contribution in [0.15, 0.2) is 42.5 Å². The number of hydrogen-bond acceptors (Lipinski definition) is 3. The van der Waals surface area contributed by atoms with Crippen molar-refractivity contribution in [2.75, 3.05) is 29.9 Å². The summed E-state index contributed by atoms with van der Waals surface area (Å²) in [5.74, 6) is -0.305. The molecule has 1 heterocycles. The molecule has 0 unspecified atom stereocenters. The van der Waals surface area contributed by atoms with Crippen LogP contribution in [-0.4, -0.2) is 31.6 Å². The zero-order valence-corrected chi connectivity index (χ0v) is 16.5. The summed E-state index contributed by atoms with van der Waals surface area (Å²) in [6.07, 6.45) is 0. The van der Waals surface area contributed by atoms with Crippen molar-refractivity contribution >= 4 is 47.3 Å². The minimum absolute atomic E-state index is 0. The number of nitrogens with one attached hydrogen (secondary N) is 3. The normalized spacial score (nSPS) is 13.1. The fourth-order valence-electron chi connectivity index (χ4n) is 2.82. The van der Waals surface area contributed by atoms with Gasteiger partial charge >= 0.3 is 6.03 Å². The number of halogens is 2. The van der Waals surface area contributed by atoms with Crippen molar-refractivity contribution in [1.29, 1.82) is 0 Å². The van der Waals surface area contributed by atoms with E-state index in [4.69, 9.17) is 11.6 Å². The molecule has 0 saturated carbocycles. The predicted molar refractivity (Wildman–Crippen MR) is 111 cm³/mol. The second-order valence-corrected chi connectivity index (χ2v) is 6.35. The number of carbonyl (C=O) groups excluding carboxylic acids is 2. The maximum atomic E-state index is 12.8. The molecule has 6 nitrogen and oxygen atoms in total. The van der Waals surface area contributed by atoms with E-state index in [0.717, 1.165) is 17.8 Å². The zero-order chi connectivity index (χ0) is 18.5. The molecule has 3 rings (SSSR count). The number of amides is 3. The summed E-state index contributed by atoms with van der Waals surface area (Å²) >= 11 is 6.23. The van der Waals surface area contributed by atoms with E-state index in [0.29, 0.717) is 35.9 Å². The molecule has 144 valence electrons. The highest BCUT2D eigenvalue weighted by Gasteiger charge is 2.23. The van der Waals surface area contributed by atoms with Gasteiger partial charge in [-0.1, -0.05) is 36.7 Å². The first kappa shape index (κ1) is 21.0. The molecule has 0 spiro atoms. The van der Waals surface area contributed by atoms with Gasteiger partial charge in [0.2, 0.25) is 0 Å². The molecular weight excluding hydrogens is 387 g/mol. The molecule has 1 aliphatic heterocycles. The number of urea groups is 1. The summed E-state index contributed by atoms with van der Waals surface area (Å²) < 4.78 is 0. The fraction of sp³-hybridized carbons (Fsp3) is 0.263. The van der Waals surface area contributed by atoms with E-state index < -0.39 is 0 Å². The number of benzene rings is 2. The Bertz CT molecular complexity index is 829. The Hall–Kier alpha value is -2.28. The molecular formula is C19H22Cl2N4O2. The van der Waals surface area contributed by atoms with E-state index >= 15 is 0 Å². The summed E-state index contributed by atoms with van der Waals surface area (Å²) in [5, 5.41) is 9.26. The molecule has 1 fully saturated rings. The van der Waals surface area contributed by atoms with Crippen LogP contribution in [0.1, 0.15) is 22.8 Å². The summed E-state index contributed by atoms with van der Waals surface area (Å²) in [6, 6.07) is 12.5. The number of para-hydroxylation sites is 1. The first-order valence-corrected chi connectivity index (χ1v) is 8.93. The second kappa shape index (κ2) is 9.60. The third-order valence-electron chi connectivity index (χ3n) is 4.19. The van der Waals surface area contributed by atoms with Gasteiger partial charge < -0.3 is 16.0 Å². The third kappa shape index (κ3) is 4.91. The lowest BCUT2D eigenvalue weighted by Gasteiger charge is -2.16. The lowest BCUT2D eigenvalue weighted by molar-refractivity contribution is 0.102. The third-order valence-corrected chi connectivity index (χ3v) is 4.52. The lowest BCUT2D eigenvalue weighted by Crippen LogP contribution is -2.28. The topological polar surface area (TPSA) is 73.5 Å². The highest BCUT2D eigenvalue weighted by molar-refractivity contribution is 6.34. The molecule has 0 atom stereocenters. The SMILES string of the molecule is CCNCc1ccccc1NC(=O)c1cc(N2CCNC2=O)ccc1Cl.Cl. The van der Waals surface area contributed by atoms with E-state index in [1.54, 1.807) is 23.1 Å². The van der Waals surface area contributed by atoms with Gasteiger partial charge in [-0.25, -0.2) is 4.79 Å². The Kier molecular flexibility index (Phi) is 7.47. The fourth-order valence-corrected chi connectivity index (χ4v) is 3.02. The molecule has 0 aliphatic carbocycles. The van der Waals surface area contributed by atoms with Crippen molar-refractivity contribution < 1.29 is 9.59 Å². The number of nitrogens with zero attached hydrogens (tertiary/aromatic N) is 1. The smallest absolute Gasteiger partial charge is 0.321 e. The van der Waals surface area contributed by atoms with Crippen LogP contribution >= 0.6 is 24.0 Å². The van der Waals surface area contributed by atoms with Gasteiger partial charge in [0.25, 0.3) is 5.91 Å². The van der Waals surface area contributed by atoms with Crippen LogP contribution in [-0.2, 0) is 6.54 Å². The number of hydrogen-bond donors (Lipinski definition) is 3. The molecule has 2 aromatic rings. The lowest BCUT2D eigenvalue weighted by atomic mass is 10.1. The minimum Gasteiger partial charge on any atom is -0.336 e. The molecule has 0 aromatic heterocycles. The van der Waals surface area contributed by atoms with Crippen molar-refractivity contribution in [3.05, 3.63) is 58.6 Å². The number of anilines is 2. The maximum Gasteiger partial charge on any atom is 0.321 e. The minimum atomic E-state index is -0.305. The van der Waals surface area contributed by atoms with Crippen LogP contribution in [0.25, 0.3) is 0 Å². The van der Waals surface area contributed by atoms with Crippen LogP contribution < -0.4 is 20.9 Å². The van der Waals surface area contributed by atoms with Crippen LogP contribution in [0.5, 0.6) is 0 Å². The van der Waals surface area contributed by atoms with Gasteiger partial charge in [-0.3, -0.25) is 9.69 Å². The monoisotopic (exact) mass is 408 g/mol. The van der Waals surface area contributed by atoms with Crippen molar-refractivity contribution in [1.82, 2.24) is 10.6 Å². The molecule has 1 saturated heterocycles. The molecule has 3 amide bonds. The van der Waals surface area contributed by atoms with Crippen LogP contribution in [0, 0.1) is 0 Å². The predicted octanol–water partition coefficient (Wildman–Crippen LogP) is 3.65. The van der Waals surface area contributed by atoms with E-state index in [1.165, 1.54) is 0 Å². The Labute approximate surface area is 169 Å². The summed E-state index contributed by atoms with van der Waals surface area (Å²) in [4.78, 5) is 26.2. The second-order valence-electron chi connectivity index (χ2n) is 5.94. The summed E-state index contributed by atoms with van der Waals surface area (Å²) in [6.45, 7) is 4.68. The molecule has 0 bridgehead atoms. The first-order valence-electron chi connectivity index (χ1n) is 8.55. The highest BCUT2D eigenvalue weighted by atomic mass is 35.5. The van der Waals surface area contributed by atoms with Gasteiger partial charge in [0.1, 0.15) is 0 Å². The summed E-state index contributed by atoms with van der Waals surface area (Å²) in [5.41, 5.74) is 2.71. The van der Waals surface area contributed by atoms with Crippen LogP contribution in [0.3, 0.4) is 0 Å². The number of carbonyl (C=O) groups is 2. The molecule has 0 radical (unpaired) electrons. The molecule has 2 aromatic carbocycles. The Morgan fingerprint density at radius 1 is 1.26 bits per heavy atom. The van der Waals surface area contributed by atoms with Gasteiger partial charge in [0.05, 0.1) is 10.6 Å². The highest BCUT2D eigenvalue weighted by Crippen LogP contribution is 2.26. The average molecular weight is 409 g/mol. The van der Waals surface area contributed by atoms with Gasteiger partial charge in [0, 0.05) is 31.0 Å². The van der Waals surface area contributed by atoms with E-state index in [-0.39, 0.29) is 24.3 Å². The van der Waals surface area contributed by atoms with Crippen LogP contribution in [0.4, 0.5) is 16.2 Å². The Morgan fingerprint density at radius 2 is 2.04 bits per heavy atom. The van der Waals surface area contributed by atoms with Crippen molar-refractivity contribution in [2.24, 2.45) is 0 Å². The largest absolute Gasteiger partial charge is 0.336 e. The van der Waals surface area contributed by atoms with Crippen molar-refractivity contribution in [2.45, 2.75) is 13.5 Å². The van der Waals surface area contributed by atoms with Gasteiger partial charge in [-0.05, 0) is 36.4 Å². The van der Waals surface area contributed by atoms with E-state index in [9.17, 15) is 9.59 Å². The molecule has 8 heteroatoms. The maximum absolute atomic E-state index is 12.8. The zero-order valence-electron chi connectivity index (χ0n) is 14.9. The van der Waals surface area contributed by atoms with E-state index in [1.807, 2.05) is 31.2 Å². The first-order chi connectivity index (χ1) is 12.6. The van der Waals surface area contributed by atoms with Crippen LogP contribution in [0.2, 0.25) is 5.02 Å². The Balaban J connectivity index is 0.00000261. The summed E-state index contributed by atoms with van der Waals surface area (Å²) in [7, 11) is 0. The molecule has 3 N–H and O–H groups in total. The molecule has 27 heavy (non-hydrogen) atoms. The number of rotatable bonds is 6. The quantitative estimate of drug-likeness (QED) is 0.682. The van der Waals surface area contributed by atoms with Crippen molar-refractivity contribution in [3.8, 4) is 0 Å². The Morgan fingerprint density at radius 3 is 2.74 bits per heavy atom. The van der Waals surface area contributed by atoms with Gasteiger partial charge in [-0.2, -0.15) is 0 Å². The molecule has 1 aliphatic rings. The average Bonchev–Trinajstić information content (AvgIpc) is 3.07.